The monoisotopic (exact) mass is 289 g/mol. The molecule has 1 aromatic rings. The third kappa shape index (κ3) is 4.06. The van der Waals surface area contributed by atoms with Crippen LogP contribution in [0.2, 0.25) is 0 Å². The van der Waals surface area contributed by atoms with E-state index in [1.807, 2.05) is 17.9 Å². The van der Waals surface area contributed by atoms with Crippen LogP contribution in [0.15, 0.2) is 24.3 Å². The molecule has 21 heavy (non-hydrogen) atoms. The van der Waals surface area contributed by atoms with Crippen LogP contribution in [-0.4, -0.2) is 34.5 Å². The van der Waals surface area contributed by atoms with Crippen LogP contribution in [0.3, 0.4) is 0 Å². The highest BCUT2D eigenvalue weighted by Gasteiger charge is 2.24. The van der Waals surface area contributed by atoms with Crippen LogP contribution in [0.4, 0.5) is 0 Å². The Bertz CT molecular complexity index is 507. The summed E-state index contributed by atoms with van der Waals surface area (Å²) >= 11 is 0. The molecule has 0 atom stereocenters. The van der Waals surface area contributed by atoms with Gasteiger partial charge in [-0.3, -0.25) is 4.79 Å². The number of carboxylic acid groups (broad SMARTS) is 1. The van der Waals surface area contributed by atoms with Crippen LogP contribution >= 0.6 is 0 Å². The van der Waals surface area contributed by atoms with Crippen LogP contribution < -0.4 is 0 Å². The minimum Gasteiger partial charge on any atom is -0.478 e. The van der Waals surface area contributed by atoms with E-state index in [0.717, 1.165) is 24.9 Å². The van der Waals surface area contributed by atoms with Gasteiger partial charge in [-0.15, -0.1) is 0 Å². The summed E-state index contributed by atoms with van der Waals surface area (Å²) in [6.45, 7) is 2.74. The molecule has 0 aromatic heterocycles. The van der Waals surface area contributed by atoms with Crippen molar-refractivity contribution in [3.8, 4) is 0 Å². The largest absolute Gasteiger partial charge is 0.478 e. The zero-order valence-corrected chi connectivity index (χ0v) is 12.5. The molecule has 1 aliphatic rings. The van der Waals surface area contributed by atoms with E-state index in [9.17, 15) is 9.59 Å². The Balaban J connectivity index is 2.04. The van der Waals surface area contributed by atoms with Crippen molar-refractivity contribution in [2.24, 2.45) is 0 Å². The predicted octanol–water partition coefficient (Wildman–Crippen LogP) is 3.11. The molecule has 114 valence electrons. The van der Waals surface area contributed by atoms with Crippen LogP contribution in [-0.2, 0) is 11.2 Å². The number of hydrogen-bond acceptors (Lipinski definition) is 2. The summed E-state index contributed by atoms with van der Waals surface area (Å²) < 4.78 is 0. The number of aromatic carboxylic acids is 1. The first kappa shape index (κ1) is 15.5. The van der Waals surface area contributed by atoms with Crippen molar-refractivity contribution in [2.45, 2.75) is 51.5 Å². The molecule has 0 spiro atoms. The van der Waals surface area contributed by atoms with E-state index in [1.165, 1.54) is 19.3 Å². The molecule has 1 saturated carbocycles. The van der Waals surface area contributed by atoms with Crippen molar-refractivity contribution in [1.82, 2.24) is 4.90 Å². The average Bonchev–Trinajstić information content (AvgIpc) is 2.49. The molecule has 0 bridgehead atoms. The van der Waals surface area contributed by atoms with E-state index >= 15 is 0 Å². The van der Waals surface area contributed by atoms with Crippen LogP contribution in [0, 0.1) is 0 Å². The molecule has 0 unspecified atom stereocenters. The summed E-state index contributed by atoms with van der Waals surface area (Å²) in [5.74, 6) is -0.851. The predicted molar refractivity (Wildman–Crippen MR) is 81.4 cm³/mol. The van der Waals surface area contributed by atoms with Crippen molar-refractivity contribution in [2.75, 3.05) is 6.54 Å². The van der Waals surface area contributed by atoms with Crippen LogP contribution in [0.25, 0.3) is 0 Å². The van der Waals surface area contributed by atoms with E-state index in [0.29, 0.717) is 6.04 Å². The van der Waals surface area contributed by atoms with Gasteiger partial charge in [0.2, 0.25) is 5.91 Å². The molecule has 1 fully saturated rings. The maximum atomic E-state index is 12.5. The molecule has 0 radical (unpaired) electrons. The van der Waals surface area contributed by atoms with E-state index in [-0.39, 0.29) is 17.9 Å². The fourth-order valence-electron chi connectivity index (χ4n) is 3.12. The van der Waals surface area contributed by atoms with Gasteiger partial charge in [0.05, 0.1) is 12.0 Å². The first-order valence-corrected chi connectivity index (χ1v) is 7.73. The van der Waals surface area contributed by atoms with Gasteiger partial charge in [0.25, 0.3) is 0 Å². The molecule has 0 heterocycles. The SMILES string of the molecule is CCN(C(=O)Cc1cccc(C(=O)O)c1)C1CCCCC1. The van der Waals surface area contributed by atoms with Gasteiger partial charge in [0.1, 0.15) is 0 Å². The summed E-state index contributed by atoms with van der Waals surface area (Å²) in [6.07, 6.45) is 6.13. The second-order valence-electron chi connectivity index (χ2n) is 5.65. The molecule has 0 saturated heterocycles. The lowest BCUT2D eigenvalue weighted by molar-refractivity contribution is -0.133. The lowest BCUT2D eigenvalue weighted by atomic mass is 9.93. The second-order valence-corrected chi connectivity index (χ2v) is 5.65. The Morgan fingerprint density at radius 3 is 2.57 bits per heavy atom. The maximum absolute atomic E-state index is 12.5. The normalized spacial score (nSPS) is 15.7. The smallest absolute Gasteiger partial charge is 0.335 e. The number of amides is 1. The minimum atomic E-state index is -0.955. The molecule has 4 heteroatoms. The van der Waals surface area contributed by atoms with Crippen molar-refractivity contribution in [3.05, 3.63) is 35.4 Å². The average molecular weight is 289 g/mol. The number of hydrogen-bond donors (Lipinski definition) is 1. The van der Waals surface area contributed by atoms with Gasteiger partial charge in [-0.2, -0.15) is 0 Å². The van der Waals surface area contributed by atoms with Crippen molar-refractivity contribution < 1.29 is 14.7 Å². The summed E-state index contributed by atoms with van der Waals surface area (Å²) in [7, 11) is 0. The Kier molecular flexibility index (Phi) is 5.37. The quantitative estimate of drug-likeness (QED) is 0.906. The number of rotatable bonds is 5. The lowest BCUT2D eigenvalue weighted by Crippen LogP contribution is -2.42. The zero-order valence-electron chi connectivity index (χ0n) is 12.5. The van der Waals surface area contributed by atoms with E-state index in [4.69, 9.17) is 5.11 Å². The second kappa shape index (κ2) is 7.25. The van der Waals surface area contributed by atoms with Gasteiger partial charge in [-0.05, 0) is 37.5 Å². The highest BCUT2D eigenvalue weighted by Crippen LogP contribution is 2.23. The number of carbonyl (C=O) groups is 2. The topological polar surface area (TPSA) is 57.6 Å². The molecular weight excluding hydrogens is 266 g/mol. The zero-order chi connectivity index (χ0) is 15.2. The minimum absolute atomic E-state index is 0.104. The maximum Gasteiger partial charge on any atom is 0.335 e. The van der Waals surface area contributed by atoms with Crippen molar-refractivity contribution >= 4 is 11.9 Å². The Morgan fingerprint density at radius 1 is 1.24 bits per heavy atom. The Morgan fingerprint density at radius 2 is 1.95 bits per heavy atom. The summed E-state index contributed by atoms with van der Waals surface area (Å²) in [5.41, 5.74) is 1.01. The highest BCUT2D eigenvalue weighted by atomic mass is 16.4. The number of carboxylic acids is 1. The highest BCUT2D eigenvalue weighted by molar-refractivity contribution is 5.88. The molecule has 1 aliphatic carbocycles. The molecular formula is C17H23NO3. The molecule has 1 aromatic carbocycles. The number of nitrogens with zero attached hydrogens (tertiary/aromatic N) is 1. The summed E-state index contributed by atoms with van der Waals surface area (Å²) in [5, 5.41) is 9.01. The van der Waals surface area contributed by atoms with E-state index < -0.39 is 5.97 Å². The lowest BCUT2D eigenvalue weighted by Gasteiger charge is -2.33. The standard InChI is InChI=1S/C17H23NO3/c1-2-18(15-9-4-3-5-10-15)16(19)12-13-7-6-8-14(11-13)17(20)21/h6-8,11,15H,2-5,9-10,12H2,1H3,(H,20,21). The fraction of sp³-hybridized carbons (Fsp3) is 0.529. The molecule has 1 N–H and O–H groups in total. The van der Waals surface area contributed by atoms with Gasteiger partial charge in [0, 0.05) is 12.6 Å². The van der Waals surface area contributed by atoms with Gasteiger partial charge in [-0.25, -0.2) is 4.79 Å². The molecule has 2 rings (SSSR count). The third-order valence-electron chi connectivity index (χ3n) is 4.21. The fourth-order valence-corrected chi connectivity index (χ4v) is 3.12. The Labute approximate surface area is 125 Å². The number of benzene rings is 1. The van der Waals surface area contributed by atoms with E-state index in [1.54, 1.807) is 18.2 Å². The van der Waals surface area contributed by atoms with Crippen LogP contribution in [0.1, 0.15) is 54.9 Å². The number of carbonyl (C=O) groups excluding carboxylic acids is 1. The molecule has 0 aliphatic heterocycles. The van der Waals surface area contributed by atoms with Crippen molar-refractivity contribution in [1.29, 1.82) is 0 Å². The summed E-state index contributed by atoms with van der Waals surface area (Å²) in [6, 6.07) is 7.02. The van der Waals surface area contributed by atoms with Gasteiger partial charge < -0.3 is 10.0 Å². The van der Waals surface area contributed by atoms with E-state index in [2.05, 4.69) is 0 Å². The first-order valence-electron chi connectivity index (χ1n) is 7.73. The van der Waals surface area contributed by atoms with Gasteiger partial charge in [0.15, 0.2) is 0 Å². The third-order valence-corrected chi connectivity index (χ3v) is 4.21. The van der Waals surface area contributed by atoms with Crippen molar-refractivity contribution in [3.63, 3.8) is 0 Å². The van der Waals surface area contributed by atoms with Gasteiger partial charge >= 0.3 is 5.97 Å². The first-order chi connectivity index (χ1) is 10.1. The molecule has 4 nitrogen and oxygen atoms in total. The van der Waals surface area contributed by atoms with Crippen LogP contribution in [0.5, 0.6) is 0 Å². The number of likely N-dealkylation sites (N-methyl/N-ethyl adjacent to an activating group) is 1. The molecule has 1 amide bonds. The van der Waals surface area contributed by atoms with Gasteiger partial charge in [-0.1, -0.05) is 31.4 Å². The Hall–Kier alpha value is -1.84. The summed E-state index contributed by atoms with van der Waals surface area (Å²) in [4.78, 5) is 25.4.